The number of aliphatic hydroxyl groups is 1. The van der Waals surface area contributed by atoms with Gasteiger partial charge in [0.25, 0.3) is 0 Å². The van der Waals surface area contributed by atoms with Crippen molar-refractivity contribution in [2.45, 2.75) is 71.3 Å². The molecule has 2 rings (SSSR count). The highest BCUT2D eigenvalue weighted by molar-refractivity contribution is 5.31. The molecule has 2 nitrogen and oxygen atoms in total. The Bertz CT molecular complexity index is 482. The maximum absolute atomic E-state index is 11.4. The van der Waals surface area contributed by atoms with Crippen molar-refractivity contribution in [3.63, 3.8) is 0 Å². The summed E-state index contributed by atoms with van der Waals surface area (Å²) >= 11 is 0. The van der Waals surface area contributed by atoms with Gasteiger partial charge in [-0.1, -0.05) is 65.3 Å². The second kappa shape index (κ2) is 7.36. The zero-order valence-electron chi connectivity index (χ0n) is 15.7. The van der Waals surface area contributed by atoms with E-state index in [1.807, 2.05) is 0 Å². The Labute approximate surface area is 142 Å². The molecule has 2 atom stereocenters. The summed E-state index contributed by atoms with van der Waals surface area (Å²) in [5.41, 5.74) is 1.82. The van der Waals surface area contributed by atoms with E-state index in [1.165, 1.54) is 37.9 Å². The first kappa shape index (κ1) is 18.5. The van der Waals surface area contributed by atoms with E-state index in [-0.39, 0.29) is 11.3 Å². The Hall–Kier alpha value is -0.860. The zero-order chi connectivity index (χ0) is 17.1. The van der Waals surface area contributed by atoms with Crippen molar-refractivity contribution < 1.29 is 5.11 Å². The van der Waals surface area contributed by atoms with Crippen LogP contribution in [-0.2, 0) is 11.0 Å². The minimum atomic E-state index is -0.728. The van der Waals surface area contributed by atoms with Crippen LogP contribution in [0.5, 0.6) is 0 Å². The SMILES string of the molecule is CCC(O)(c1ccc(C(C)(C)C)cc1)C(C)CN1CCCCC1. The number of hydrogen-bond acceptors (Lipinski definition) is 2. The van der Waals surface area contributed by atoms with Crippen molar-refractivity contribution >= 4 is 0 Å². The lowest BCUT2D eigenvalue weighted by Crippen LogP contribution is -2.42. The molecule has 0 saturated carbocycles. The highest BCUT2D eigenvalue weighted by Crippen LogP contribution is 2.35. The second-order valence-electron chi connectivity index (χ2n) is 8.37. The lowest BCUT2D eigenvalue weighted by Gasteiger charge is -2.38. The van der Waals surface area contributed by atoms with Gasteiger partial charge >= 0.3 is 0 Å². The van der Waals surface area contributed by atoms with E-state index in [2.05, 4.69) is 63.8 Å². The van der Waals surface area contributed by atoms with Crippen molar-refractivity contribution in [3.8, 4) is 0 Å². The van der Waals surface area contributed by atoms with E-state index in [0.29, 0.717) is 0 Å². The molecule has 1 heterocycles. The van der Waals surface area contributed by atoms with Crippen LogP contribution in [-0.4, -0.2) is 29.6 Å². The van der Waals surface area contributed by atoms with Crippen LogP contribution in [0.4, 0.5) is 0 Å². The number of benzene rings is 1. The average molecular weight is 318 g/mol. The fourth-order valence-electron chi connectivity index (χ4n) is 3.78. The van der Waals surface area contributed by atoms with Crippen LogP contribution >= 0.6 is 0 Å². The molecule has 1 aromatic carbocycles. The molecule has 0 aromatic heterocycles. The minimum Gasteiger partial charge on any atom is -0.385 e. The largest absolute Gasteiger partial charge is 0.385 e. The number of likely N-dealkylation sites (tertiary alicyclic amines) is 1. The van der Waals surface area contributed by atoms with E-state index in [0.717, 1.165) is 18.5 Å². The summed E-state index contributed by atoms with van der Waals surface area (Å²) in [6.07, 6.45) is 4.73. The highest BCUT2D eigenvalue weighted by atomic mass is 16.3. The number of rotatable bonds is 5. The summed E-state index contributed by atoms with van der Waals surface area (Å²) in [5, 5.41) is 11.4. The van der Waals surface area contributed by atoms with Crippen LogP contribution in [0, 0.1) is 5.92 Å². The van der Waals surface area contributed by atoms with Gasteiger partial charge in [0.15, 0.2) is 0 Å². The zero-order valence-corrected chi connectivity index (χ0v) is 15.7. The summed E-state index contributed by atoms with van der Waals surface area (Å²) in [4.78, 5) is 2.53. The van der Waals surface area contributed by atoms with Crippen molar-refractivity contribution in [2.75, 3.05) is 19.6 Å². The van der Waals surface area contributed by atoms with Crippen LogP contribution in [0.3, 0.4) is 0 Å². The smallest absolute Gasteiger partial charge is 0.0931 e. The molecule has 1 aromatic rings. The fourth-order valence-corrected chi connectivity index (χ4v) is 3.78. The molecule has 1 saturated heterocycles. The van der Waals surface area contributed by atoms with Crippen LogP contribution in [0.25, 0.3) is 0 Å². The second-order valence-corrected chi connectivity index (χ2v) is 8.37. The monoisotopic (exact) mass is 317 g/mol. The topological polar surface area (TPSA) is 23.5 Å². The van der Waals surface area contributed by atoms with Gasteiger partial charge in [0.1, 0.15) is 0 Å². The minimum absolute atomic E-state index is 0.155. The molecule has 0 aliphatic carbocycles. The molecule has 0 bridgehead atoms. The molecule has 1 aliphatic heterocycles. The van der Waals surface area contributed by atoms with Crippen LogP contribution in [0.15, 0.2) is 24.3 Å². The van der Waals surface area contributed by atoms with E-state index < -0.39 is 5.60 Å². The number of hydrogen-bond donors (Lipinski definition) is 1. The molecular formula is C21H35NO. The Balaban J connectivity index is 2.14. The molecule has 1 N–H and O–H groups in total. The summed E-state index contributed by atoms with van der Waals surface area (Å²) in [6, 6.07) is 8.64. The summed E-state index contributed by atoms with van der Waals surface area (Å²) in [6.45, 7) is 14.4. The van der Waals surface area contributed by atoms with Crippen molar-refractivity contribution in [3.05, 3.63) is 35.4 Å². The molecule has 130 valence electrons. The van der Waals surface area contributed by atoms with Crippen LogP contribution < -0.4 is 0 Å². The first-order chi connectivity index (χ1) is 10.8. The van der Waals surface area contributed by atoms with E-state index in [4.69, 9.17) is 0 Å². The maximum Gasteiger partial charge on any atom is 0.0931 e. The van der Waals surface area contributed by atoms with Gasteiger partial charge in [-0.3, -0.25) is 0 Å². The third-order valence-electron chi connectivity index (χ3n) is 5.59. The molecule has 23 heavy (non-hydrogen) atoms. The lowest BCUT2D eigenvalue weighted by molar-refractivity contribution is -0.0351. The van der Waals surface area contributed by atoms with Gasteiger partial charge in [-0.25, -0.2) is 0 Å². The fraction of sp³-hybridized carbons (Fsp3) is 0.714. The molecular weight excluding hydrogens is 282 g/mol. The Morgan fingerprint density at radius 3 is 2.00 bits per heavy atom. The third-order valence-corrected chi connectivity index (χ3v) is 5.59. The van der Waals surface area contributed by atoms with Crippen LogP contribution in [0.1, 0.15) is 71.4 Å². The lowest BCUT2D eigenvalue weighted by atomic mass is 9.78. The first-order valence-electron chi connectivity index (χ1n) is 9.33. The quantitative estimate of drug-likeness (QED) is 0.850. The molecule has 0 radical (unpaired) electrons. The molecule has 1 fully saturated rings. The summed E-state index contributed by atoms with van der Waals surface area (Å²) in [7, 11) is 0. The van der Waals surface area contributed by atoms with Crippen LogP contribution in [0.2, 0.25) is 0 Å². The van der Waals surface area contributed by atoms with Gasteiger partial charge in [-0.2, -0.15) is 0 Å². The Morgan fingerprint density at radius 1 is 1.00 bits per heavy atom. The standard InChI is InChI=1S/C21H35NO/c1-6-21(23,17(2)16-22-14-8-7-9-15-22)19-12-10-18(11-13-19)20(3,4)5/h10-13,17,23H,6-9,14-16H2,1-5H3. The van der Waals surface area contributed by atoms with Gasteiger partial charge in [0.05, 0.1) is 5.60 Å². The van der Waals surface area contributed by atoms with Crippen molar-refractivity contribution in [2.24, 2.45) is 5.92 Å². The summed E-state index contributed by atoms with van der Waals surface area (Å²) in [5.74, 6) is 0.242. The van der Waals surface area contributed by atoms with Crippen molar-refractivity contribution in [1.82, 2.24) is 4.90 Å². The van der Waals surface area contributed by atoms with Gasteiger partial charge < -0.3 is 10.0 Å². The predicted molar refractivity (Wildman–Crippen MR) is 98.8 cm³/mol. The molecule has 1 aliphatic rings. The van der Waals surface area contributed by atoms with E-state index in [9.17, 15) is 5.11 Å². The first-order valence-corrected chi connectivity index (χ1v) is 9.33. The van der Waals surface area contributed by atoms with Gasteiger partial charge in [-0.05, 0) is 48.9 Å². The normalized spacial score (nSPS) is 21.0. The van der Waals surface area contributed by atoms with Gasteiger partial charge in [-0.15, -0.1) is 0 Å². The van der Waals surface area contributed by atoms with Gasteiger partial charge in [0.2, 0.25) is 0 Å². The highest BCUT2D eigenvalue weighted by Gasteiger charge is 2.35. The molecule has 2 unspecified atom stereocenters. The molecule has 0 spiro atoms. The molecule has 2 heteroatoms. The average Bonchev–Trinajstić information content (AvgIpc) is 2.54. The third kappa shape index (κ3) is 4.36. The van der Waals surface area contributed by atoms with Gasteiger partial charge in [0, 0.05) is 12.5 Å². The number of nitrogens with zero attached hydrogens (tertiary/aromatic N) is 1. The Morgan fingerprint density at radius 2 is 1.52 bits per heavy atom. The number of piperidine rings is 1. The Kier molecular flexibility index (Phi) is 5.91. The summed E-state index contributed by atoms with van der Waals surface area (Å²) < 4.78 is 0. The van der Waals surface area contributed by atoms with E-state index >= 15 is 0 Å². The van der Waals surface area contributed by atoms with E-state index in [1.54, 1.807) is 0 Å². The molecule has 0 amide bonds. The predicted octanol–water partition coefficient (Wildman–Crippen LogP) is 4.70. The van der Waals surface area contributed by atoms with Crippen molar-refractivity contribution in [1.29, 1.82) is 0 Å². The maximum atomic E-state index is 11.4.